The quantitative estimate of drug-likeness (QED) is 0.511. The van der Waals surface area contributed by atoms with E-state index in [0.717, 1.165) is 35.8 Å². The van der Waals surface area contributed by atoms with Crippen LogP contribution in [0.3, 0.4) is 0 Å². The van der Waals surface area contributed by atoms with Crippen molar-refractivity contribution >= 4 is 11.1 Å². The van der Waals surface area contributed by atoms with E-state index in [1.165, 1.54) is 46.4 Å². The molecule has 0 aliphatic heterocycles. The Bertz CT molecular complexity index is 1260. The van der Waals surface area contributed by atoms with Crippen LogP contribution in [-0.2, 0) is 6.42 Å². The first kappa shape index (κ1) is 19.5. The van der Waals surface area contributed by atoms with Gasteiger partial charge in [-0.3, -0.25) is 0 Å². The maximum Gasteiger partial charge on any atom is 0.137 e. The molecule has 1 aromatic carbocycles. The third-order valence-electron chi connectivity index (χ3n) is 7.11. The molecule has 3 aliphatic carbocycles. The molecule has 2 heterocycles. The summed E-state index contributed by atoms with van der Waals surface area (Å²) in [5.74, 6) is 3.49. The minimum Gasteiger partial charge on any atom is -0.361 e. The molecule has 0 spiro atoms. The first-order valence-corrected chi connectivity index (χ1v) is 11.8. The van der Waals surface area contributed by atoms with Gasteiger partial charge in [-0.05, 0) is 55.7 Å². The maximum absolute atomic E-state index is 5.54. The van der Waals surface area contributed by atoms with E-state index in [2.05, 4.69) is 65.6 Å². The molecule has 32 heavy (non-hydrogen) atoms. The number of hydrogen-bond donors (Lipinski definition) is 1. The van der Waals surface area contributed by atoms with Crippen LogP contribution in [-0.4, -0.2) is 15.1 Å². The molecule has 162 valence electrons. The highest BCUT2D eigenvalue weighted by Gasteiger charge is 2.33. The van der Waals surface area contributed by atoms with Gasteiger partial charge >= 0.3 is 0 Å². The van der Waals surface area contributed by atoms with Gasteiger partial charge in [0.05, 0.1) is 11.4 Å². The Morgan fingerprint density at radius 3 is 2.59 bits per heavy atom. The topological polar surface area (TPSA) is 54.7 Å². The fourth-order valence-corrected chi connectivity index (χ4v) is 5.23. The molecule has 0 saturated heterocycles. The van der Waals surface area contributed by atoms with Gasteiger partial charge in [0.1, 0.15) is 11.6 Å². The summed E-state index contributed by atoms with van der Waals surface area (Å²) in [6.45, 7) is 6.33. The standard InChI is InChI=1S/C28H29N3O/c1-16-8-10-19(11-9-16)22-6-4-5-7-23(22)24-14-21(26-17(2)31-32-18(26)3)15-25-27(24)30-28(29-25)20-12-13-20/h4-8,10-11,14,16,20-21H,9,12-13,15H2,1-3H3,(H,29,30). The lowest BCUT2D eigenvalue weighted by molar-refractivity contribution is 0.392. The fraction of sp³-hybridized carbons (Fsp3) is 0.357. The van der Waals surface area contributed by atoms with Gasteiger partial charge in [0.25, 0.3) is 0 Å². The molecule has 1 saturated carbocycles. The van der Waals surface area contributed by atoms with Gasteiger partial charge < -0.3 is 9.51 Å². The Morgan fingerprint density at radius 2 is 1.91 bits per heavy atom. The monoisotopic (exact) mass is 423 g/mol. The van der Waals surface area contributed by atoms with Crippen molar-refractivity contribution in [3.63, 3.8) is 0 Å². The summed E-state index contributed by atoms with van der Waals surface area (Å²) in [7, 11) is 0. The van der Waals surface area contributed by atoms with Crippen LogP contribution in [0.15, 0.2) is 53.1 Å². The van der Waals surface area contributed by atoms with Gasteiger partial charge in [0, 0.05) is 35.1 Å². The van der Waals surface area contributed by atoms with Gasteiger partial charge in [0.15, 0.2) is 0 Å². The van der Waals surface area contributed by atoms with Gasteiger partial charge in [0.2, 0.25) is 0 Å². The number of nitrogens with one attached hydrogen (secondary N) is 1. The minimum atomic E-state index is 0.222. The van der Waals surface area contributed by atoms with Crippen molar-refractivity contribution in [1.29, 1.82) is 0 Å². The molecule has 0 radical (unpaired) electrons. The lowest BCUT2D eigenvalue weighted by Crippen LogP contribution is -2.12. The Morgan fingerprint density at radius 1 is 1.09 bits per heavy atom. The average molecular weight is 424 g/mol. The van der Waals surface area contributed by atoms with Crippen LogP contribution in [0.2, 0.25) is 0 Å². The molecule has 2 unspecified atom stereocenters. The van der Waals surface area contributed by atoms with Crippen LogP contribution in [0, 0.1) is 19.8 Å². The number of H-pyrrole nitrogens is 1. The number of aryl methyl sites for hydroxylation is 2. The number of rotatable bonds is 4. The Kier molecular flexibility index (Phi) is 4.56. The van der Waals surface area contributed by atoms with E-state index in [-0.39, 0.29) is 5.92 Å². The second-order valence-electron chi connectivity index (χ2n) is 9.63. The Hall–Kier alpha value is -3.14. The third-order valence-corrected chi connectivity index (χ3v) is 7.11. The maximum atomic E-state index is 5.54. The number of aromatic amines is 1. The molecule has 4 heteroatoms. The van der Waals surface area contributed by atoms with Crippen molar-refractivity contribution in [2.24, 2.45) is 5.92 Å². The Labute approximate surface area is 189 Å². The minimum absolute atomic E-state index is 0.222. The molecule has 3 aromatic rings. The predicted molar refractivity (Wildman–Crippen MR) is 127 cm³/mol. The van der Waals surface area contributed by atoms with E-state index in [0.29, 0.717) is 11.8 Å². The highest BCUT2D eigenvalue weighted by Crippen LogP contribution is 2.44. The van der Waals surface area contributed by atoms with E-state index < -0.39 is 0 Å². The molecular formula is C28H29N3O. The van der Waals surface area contributed by atoms with Crippen LogP contribution in [0.1, 0.15) is 83.4 Å². The van der Waals surface area contributed by atoms with Gasteiger partial charge in [-0.1, -0.05) is 60.6 Å². The second kappa shape index (κ2) is 7.47. The van der Waals surface area contributed by atoms with Crippen LogP contribution in [0.4, 0.5) is 0 Å². The molecule has 1 fully saturated rings. The van der Waals surface area contributed by atoms with Crippen molar-refractivity contribution < 1.29 is 4.52 Å². The number of nitrogens with zero attached hydrogens (tertiary/aromatic N) is 2. The van der Waals surface area contributed by atoms with Crippen LogP contribution in [0.5, 0.6) is 0 Å². The molecule has 3 aliphatic rings. The summed E-state index contributed by atoms with van der Waals surface area (Å²) < 4.78 is 5.54. The van der Waals surface area contributed by atoms with Crippen LogP contribution >= 0.6 is 0 Å². The lowest BCUT2D eigenvalue weighted by Gasteiger charge is -2.23. The van der Waals surface area contributed by atoms with Crippen molar-refractivity contribution in [2.45, 2.75) is 58.3 Å². The first-order valence-electron chi connectivity index (χ1n) is 11.8. The van der Waals surface area contributed by atoms with Crippen LogP contribution in [0.25, 0.3) is 11.1 Å². The molecule has 1 N–H and O–H groups in total. The van der Waals surface area contributed by atoms with E-state index in [1.807, 2.05) is 13.8 Å². The van der Waals surface area contributed by atoms with Gasteiger partial charge in [-0.2, -0.15) is 0 Å². The highest BCUT2D eigenvalue weighted by molar-refractivity contribution is 5.90. The average Bonchev–Trinajstić information content (AvgIpc) is 3.48. The number of benzene rings is 1. The summed E-state index contributed by atoms with van der Waals surface area (Å²) in [6, 6.07) is 8.78. The number of imidazole rings is 1. The molecular weight excluding hydrogens is 394 g/mol. The molecule has 6 rings (SSSR count). The van der Waals surface area contributed by atoms with E-state index in [9.17, 15) is 0 Å². The van der Waals surface area contributed by atoms with Crippen molar-refractivity contribution in [1.82, 2.24) is 15.1 Å². The van der Waals surface area contributed by atoms with E-state index in [1.54, 1.807) is 0 Å². The summed E-state index contributed by atoms with van der Waals surface area (Å²) in [6.07, 6.45) is 13.9. The number of aromatic nitrogens is 3. The Balaban J connectivity index is 1.51. The van der Waals surface area contributed by atoms with Gasteiger partial charge in [-0.15, -0.1) is 0 Å². The summed E-state index contributed by atoms with van der Waals surface area (Å²) in [5, 5.41) is 4.24. The number of hydrogen-bond acceptors (Lipinski definition) is 3. The van der Waals surface area contributed by atoms with Crippen LogP contribution < -0.4 is 0 Å². The zero-order valence-electron chi connectivity index (χ0n) is 19.0. The molecule has 2 atom stereocenters. The zero-order chi connectivity index (χ0) is 21.8. The lowest BCUT2D eigenvalue weighted by atomic mass is 9.81. The smallest absolute Gasteiger partial charge is 0.137 e. The summed E-state index contributed by atoms with van der Waals surface area (Å²) in [5.41, 5.74) is 9.61. The first-order chi connectivity index (χ1) is 15.6. The molecule has 2 aromatic heterocycles. The van der Waals surface area contributed by atoms with Crippen molar-refractivity contribution in [3.05, 3.63) is 93.9 Å². The second-order valence-corrected chi connectivity index (χ2v) is 9.63. The highest BCUT2D eigenvalue weighted by atomic mass is 16.5. The number of allylic oxidation sites excluding steroid dienone is 5. The number of fused-ring (bicyclic) bond motifs is 1. The van der Waals surface area contributed by atoms with Gasteiger partial charge in [-0.25, -0.2) is 4.98 Å². The van der Waals surface area contributed by atoms with E-state index in [4.69, 9.17) is 9.51 Å². The van der Waals surface area contributed by atoms with E-state index >= 15 is 0 Å². The molecule has 0 bridgehead atoms. The van der Waals surface area contributed by atoms with Crippen molar-refractivity contribution in [2.75, 3.05) is 0 Å². The molecule has 0 amide bonds. The third kappa shape index (κ3) is 3.29. The fourth-order valence-electron chi connectivity index (χ4n) is 5.23. The molecule has 4 nitrogen and oxygen atoms in total. The summed E-state index contributed by atoms with van der Waals surface area (Å²) >= 11 is 0. The summed E-state index contributed by atoms with van der Waals surface area (Å²) in [4.78, 5) is 8.83. The largest absolute Gasteiger partial charge is 0.361 e. The van der Waals surface area contributed by atoms with Crippen molar-refractivity contribution in [3.8, 4) is 0 Å². The SMILES string of the molecule is Cc1noc(C)c1C1C=C(c2ccccc2C2=CCC(C)C=C2)c2nc(C3CC3)[nH]c2C1. The zero-order valence-corrected chi connectivity index (χ0v) is 19.0. The normalized spacial score (nSPS) is 22.5. The predicted octanol–water partition coefficient (Wildman–Crippen LogP) is 6.64.